The lowest BCUT2D eigenvalue weighted by molar-refractivity contribution is -0.184. The Kier molecular flexibility index (Phi) is 7.31. The monoisotopic (exact) mass is 518 g/mol. The molecular formula is C28H38O9. The zero-order valence-corrected chi connectivity index (χ0v) is 22.3. The predicted molar refractivity (Wildman–Crippen MR) is 131 cm³/mol. The molecule has 0 aromatic carbocycles. The van der Waals surface area contributed by atoms with Crippen molar-refractivity contribution in [2.75, 3.05) is 13.2 Å². The lowest BCUT2D eigenvalue weighted by atomic mass is 9.46. The second-order valence-corrected chi connectivity index (χ2v) is 11.5. The van der Waals surface area contributed by atoms with Crippen molar-refractivity contribution in [2.45, 2.75) is 84.5 Å². The molecule has 3 saturated carbocycles. The summed E-state index contributed by atoms with van der Waals surface area (Å²) in [4.78, 5) is 50.4. The van der Waals surface area contributed by atoms with Crippen LogP contribution in [0.2, 0.25) is 0 Å². The fraction of sp³-hybridized carbons (Fsp3) is 0.714. The van der Waals surface area contributed by atoms with Gasteiger partial charge in [0, 0.05) is 16.7 Å². The van der Waals surface area contributed by atoms with Gasteiger partial charge in [0.25, 0.3) is 0 Å². The Morgan fingerprint density at radius 2 is 1.86 bits per heavy atom. The first-order valence-electron chi connectivity index (χ1n) is 13.2. The molecule has 0 aromatic rings. The standard InChI is InChI=1S/C28H38O9/c1-6-34-25(33)37-28(22(31)15-35-24(32)36-16(2)3)12-10-20-19-8-7-17-13-18(29)9-11-26(17,4)23(19)21(30)14-27(20,28)5/h9,11,13,16,19-21,23,30H,6-8,10,12,14-15H2,1-5H3/t19-,20-,21?,23+,26-,27-,28-/m0/s1. The quantitative estimate of drug-likeness (QED) is 0.512. The van der Waals surface area contributed by atoms with Gasteiger partial charge in [-0.05, 0) is 76.9 Å². The molecule has 3 fully saturated rings. The molecule has 0 saturated heterocycles. The summed E-state index contributed by atoms with van der Waals surface area (Å²) in [6, 6.07) is 0. The highest BCUT2D eigenvalue weighted by atomic mass is 16.7. The summed E-state index contributed by atoms with van der Waals surface area (Å²) in [6.07, 6.45) is 4.55. The van der Waals surface area contributed by atoms with E-state index in [0.717, 1.165) is 18.4 Å². The summed E-state index contributed by atoms with van der Waals surface area (Å²) in [6.45, 7) is 8.40. The van der Waals surface area contributed by atoms with Crippen molar-refractivity contribution >= 4 is 23.9 Å². The summed E-state index contributed by atoms with van der Waals surface area (Å²) >= 11 is 0. The predicted octanol–water partition coefficient (Wildman–Crippen LogP) is 4.31. The largest absolute Gasteiger partial charge is 0.509 e. The molecule has 4 rings (SSSR count). The van der Waals surface area contributed by atoms with Crippen LogP contribution in [0.3, 0.4) is 0 Å². The second kappa shape index (κ2) is 9.89. The Morgan fingerprint density at radius 3 is 2.54 bits per heavy atom. The van der Waals surface area contributed by atoms with E-state index in [1.54, 1.807) is 32.9 Å². The second-order valence-electron chi connectivity index (χ2n) is 11.5. The van der Waals surface area contributed by atoms with Crippen LogP contribution in [0.5, 0.6) is 0 Å². The third kappa shape index (κ3) is 4.49. The Bertz CT molecular complexity index is 1030. The number of hydrogen-bond acceptors (Lipinski definition) is 9. The lowest BCUT2D eigenvalue weighted by Gasteiger charge is -2.59. The topological polar surface area (TPSA) is 125 Å². The van der Waals surface area contributed by atoms with Crippen molar-refractivity contribution < 1.29 is 43.2 Å². The smallest absolute Gasteiger partial charge is 0.435 e. The maximum atomic E-state index is 13.7. The van der Waals surface area contributed by atoms with Crippen molar-refractivity contribution in [2.24, 2.45) is 28.6 Å². The minimum absolute atomic E-state index is 0.0358. The van der Waals surface area contributed by atoms with Gasteiger partial charge < -0.3 is 24.1 Å². The number of Topliss-reactive ketones (excluding diaryl/α,β-unsaturated/α-hetero) is 1. The van der Waals surface area contributed by atoms with Crippen LogP contribution >= 0.6 is 0 Å². The number of allylic oxidation sites excluding steroid dienone is 4. The van der Waals surface area contributed by atoms with Crippen molar-refractivity contribution in [1.29, 1.82) is 0 Å². The van der Waals surface area contributed by atoms with Gasteiger partial charge in [-0.3, -0.25) is 9.59 Å². The van der Waals surface area contributed by atoms with E-state index in [9.17, 15) is 24.3 Å². The summed E-state index contributed by atoms with van der Waals surface area (Å²) < 4.78 is 21.0. The van der Waals surface area contributed by atoms with Gasteiger partial charge in [0.05, 0.1) is 18.8 Å². The van der Waals surface area contributed by atoms with Crippen LogP contribution in [0.1, 0.15) is 66.7 Å². The van der Waals surface area contributed by atoms with Gasteiger partial charge in [0.1, 0.15) is 0 Å². The molecule has 4 aliphatic rings. The number of hydrogen-bond donors (Lipinski definition) is 1. The fourth-order valence-electron chi connectivity index (χ4n) is 7.75. The van der Waals surface area contributed by atoms with Crippen LogP contribution < -0.4 is 0 Å². The molecule has 0 spiro atoms. The molecule has 0 radical (unpaired) electrons. The average molecular weight is 519 g/mol. The molecule has 0 amide bonds. The molecular weight excluding hydrogens is 480 g/mol. The molecule has 9 heteroatoms. The van der Waals surface area contributed by atoms with Gasteiger partial charge >= 0.3 is 12.3 Å². The van der Waals surface area contributed by atoms with Gasteiger partial charge in [0.2, 0.25) is 5.78 Å². The molecule has 1 N–H and O–H groups in total. The van der Waals surface area contributed by atoms with Gasteiger partial charge in [-0.15, -0.1) is 0 Å². The molecule has 37 heavy (non-hydrogen) atoms. The number of ketones is 2. The summed E-state index contributed by atoms with van der Waals surface area (Å²) in [7, 11) is 0. The van der Waals surface area contributed by atoms with Gasteiger partial charge in [-0.2, -0.15) is 0 Å². The Hall–Kier alpha value is -2.68. The van der Waals surface area contributed by atoms with E-state index in [1.807, 2.05) is 13.0 Å². The van der Waals surface area contributed by atoms with E-state index in [-0.39, 0.29) is 43.0 Å². The van der Waals surface area contributed by atoms with Crippen molar-refractivity contribution in [1.82, 2.24) is 0 Å². The van der Waals surface area contributed by atoms with Crippen LogP contribution in [0, 0.1) is 28.6 Å². The molecule has 0 aromatic heterocycles. The number of aliphatic hydroxyl groups is 1. The minimum atomic E-state index is -1.62. The Morgan fingerprint density at radius 1 is 1.14 bits per heavy atom. The van der Waals surface area contributed by atoms with E-state index in [1.165, 1.54) is 0 Å². The molecule has 0 aliphatic heterocycles. The van der Waals surface area contributed by atoms with E-state index in [2.05, 4.69) is 6.92 Å². The van der Waals surface area contributed by atoms with Crippen molar-refractivity contribution in [3.05, 3.63) is 23.8 Å². The SMILES string of the molecule is CCOC(=O)O[C@]1(C(=O)COC(=O)OC(C)C)CC[C@H]2[C@@H]3CCC4=CC(=O)C=C[C@]4(C)[C@H]3C(O)C[C@@]21C. The van der Waals surface area contributed by atoms with Gasteiger partial charge in [0.15, 0.2) is 18.0 Å². The highest BCUT2D eigenvalue weighted by Crippen LogP contribution is 2.68. The van der Waals surface area contributed by atoms with Crippen molar-refractivity contribution in [3.8, 4) is 0 Å². The first-order valence-corrected chi connectivity index (χ1v) is 13.2. The van der Waals surface area contributed by atoms with E-state index < -0.39 is 53.3 Å². The number of rotatable bonds is 6. The summed E-state index contributed by atoms with van der Waals surface area (Å²) in [5.41, 5.74) is -1.96. The number of ether oxygens (including phenoxy) is 4. The van der Waals surface area contributed by atoms with Crippen LogP contribution in [0.4, 0.5) is 9.59 Å². The maximum Gasteiger partial charge on any atom is 0.509 e. The number of carbonyl (C=O) groups is 4. The highest BCUT2D eigenvalue weighted by Gasteiger charge is 2.70. The minimum Gasteiger partial charge on any atom is -0.435 e. The summed E-state index contributed by atoms with van der Waals surface area (Å²) in [5.74, 6) is -0.721. The van der Waals surface area contributed by atoms with Crippen LogP contribution in [0.25, 0.3) is 0 Å². The van der Waals surface area contributed by atoms with Crippen LogP contribution in [-0.4, -0.2) is 60.0 Å². The van der Waals surface area contributed by atoms with Crippen LogP contribution in [0.15, 0.2) is 23.8 Å². The van der Waals surface area contributed by atoms with Crippen LogP contribution in [-0.2, 0) is 28.5 Å². The fourth-order valence-corrected chi connectivity index (χ4v) is 7.75. The molecule has 4 aliphatic carbocycles. The molecule has 9 nitrogen and oxygen atoms in total. The van der Waals surface area contributed by atoms with E-state index in [0.29, 0.717) is 6.42 Å². The Balaban J connectivity index is 1.67. The van der Waals surface area contributed by atoms with E-state index >= 15 is 0 Å². The van der Waals surface area contributed by atoms with Gasteiger partial charge in [-0.1, -0.05) is 25.5 Å². The normalized spacial score (nSPS) is 38.1. The third-order valence-electron chi connectivity index (χ3n) is 9.24. The maximum absolute atomic E-state index is 13.7. The third-order valence-corrected chi connectivity index (χ3v) is 9.24. The number of fused-ring (bicyclic) bond motifs is 5. The average Bonchev–Trinajstić information content (AvgIpc) is 3.09. The first-order chi connectivity index (χ1) is 17.4. The number of carbonyl (C=O) groups excluding carboxylic acids is 4. The first kappa shape index (κ1) is 27.4. The number of aliphatic hydroxyl groups excluding tert-OH is 1. The van der Waals surface area contributed by atoms with Gasteiger partial charge in [-0.25, -0.2) is 9.59 Å². The molecule has 204 valence electrons. The lowest BCUT2D eigenvalue weighted by Crippen LogP contribution is -2.63. The molecule has 1 unspecified atom stereocenters. The Labute approximate surface area is 217 Å². The zero-order chi connectivity index (χ0) is 27.2. The molecule has 0 bridgehead atoms. The molecule has 0 heterocycles. The highest BCUT2D eigenvalue weighted by molar-refractivity contribution is 6.01. The molecule has 7 atom stereocenters. The van der Waals surface area contributed by atoms with Crippen molar-refractivity contribution in [3.63, 3.8) is 0 Å². The summed E-state index contributed by atoms with van der Waals surface area (Å²) in [5, 5.41) is 11.6. The van der Waals surface area contributed by atoms with E-state index in [4.69, 9.17) is 18.9 Å². The zero-order valence-electron chi connectivity index (χ0n) is 22.3.